The van der Waals surface area contributed by atoms with Gasteiger partial charge in [0, 0.05) is 36.5 Å². The van der Waals surface area contributed by atoms with Gasteiger partial charge in [-0.05, 0) is 81.8 Å². The Balaban J connectivity index is 1.78. The second-order valence-corrected chi connectivity index (χ2v) is 9.38. The van der Waals surface area contributed by atoms with E-state index in [0.717, 1.165) is 55.1 Å². The van der Waals surface area contributed by atoms with Crippen molar-refractivity contribution in [3.05, 3.63) is 59.7 Å². The fourth-order valence-electron chi connectivity index (χ4n) is 4.43. The van der Waals surface area contributed by atoms with Crippen molar-refractivity contribution in [1.29, 1.82) is 0 Å². The molecule has 2 unspecified atom stereocenters. The molecular formula is C29H46N6O2. The minimum Gasteiger partial charge on any atom is -0.336 e. The molecular weight excluding hydrogens is 464 g/mol. The predicted octanol–water partition coefficient (Wildman–Crippen LogP) is 4.98. The average molecular weight is 511 g/mol. The number of urea groups is 2. The molecule has 0 saturated heterocycles. The van der Waals surface area contributed by atoms with Gasteiger partial charge in [0.2, 0.25) is 0 Å². The molecule has 4 amide bonds. The monoisotopic (exact) mass is 510 g/mol. The Morgan fingerprint density at radius 1 is 0.622 bits per heavy atom. The molecule has 0 aliphatic heterocycles. The van der Waals surface area contributed by atoms with Crippen molar-refractivity contribution in [1.82, 2.24) is 20.4 Å². The van der Waals surface area contributed by atoms with Crippen molar-refractivity contribution in [2.75, 3.05) is 49.9 Å². The van der Waals surface area contributed by atoms with Crippen LogP contribution in [0.4, 0.5) is 21.0 Å². The van der Waals surface area contributed by atoms with Crippen molar-refractivity contribution in [2.45, 2.75) is 60.0 Å². The lowest BCUT2D eigenvalue weighted by Gasteiger charge is -2.26. The molecule has 0 saturated carbocycles. The molecule has 0 spiro atoms. The van der Waals surface area contributed by atoms with E-state index in [9.17, 15) is 9.59 Å². The number of benzene rings is 2. The van der Waals surface area contributed by atoms with E-state index in [1.807, 2.05) is 48.5 Å². The minimum atomic E-state index is -0.193. The maximum atomic E-state index is 12.3. The van der Waals surface area contributed by atoms with Crippen LogP contribution in [0.15, 0.2) is 48.5 Å². The number of nitrogens with one attached hydrogen (secondary N) is 4. The van der Waals surface area contributed by atoms with E-state index < -0.39 is 0 Å². The van der Waals surface area contributed by atoms with Gasteiger partial charge in [0.25, 0.3) is 0 Å². The molecule has 0 radical (unpaired) electrons. The van der Waals surface area contributed by atoms with Crippen LogP contribution in [0.1, 0.15) is 52.7 Å². The molecule has 0 heterocycles. The van der Waals surface area contributed by atoms with Crippen LogP contribution < -0.4 is 21.3 Å². The third kappa shape index (κ3) is 10.4. The van der Waals surface area contributed by atoms with Crippen molar-refractivity contribution in [3.8, 4) is 0 Å². The van der Waals surface area contributed by atoms with Crippen LogP contribution in [0.5, 0.6) is 0 Å². The highest BCUT2D eigenvalue weighted by molar-refractivity contribution is 5.89. The van der Waals surface area contributed by atoms with Crippen LogP contribution in [0.2, 0.25) is 0 Å². The molecule has 204 valence electrons. The lowest BCUT2D eigenvalue weighted by atomic mass is 10.0. The number of hydrogen-bond donors (Lipinski definition) is 4. The standard InChI is InChI=1S/C29H46N6O2/c1-7-34(8-2)22(5)20-30-28(36)32-26-15-11-24(12-16-26)19-25-13-17-27(18-14-25)33-29(37)31-21-23(6)35(9-3)10-4/h11-18,22-23H,7-10,19-21H2,1-6H3,(H2,30,32,36)(H2,31,33,37). The van der Waals surface area contributed by atoms with Gasteiger partial charge in [0.1, 0.15) is 0 Å². The van der Waals surface area contributed by atoms with Crippen LogP contribution in [-0.4, -0.2) is 73.2 Å². The second-order valence-electron chi connectivity index (χ2n) is 9.38. The molecule has 0 aromatic heterocycles. The van der Waals surface area contributed by atoms with Crippen molar-refractivity contribution in [2.24, 2.45) is 0 Å². The fraction of sp³-hybridized carbons (Fsp3) is 0.517. The Kier molecular flexibility index (Phi) is 12.9. The van der Waals surface area contributed by atoms with Crippen LogP contribution in [0.25, 0.3) is 0 Å². The predicted molar refractivity (Wildman–Crippen MR) is 154 cm³/mol. The summed E-state index contributed by atoms with van der Waals surface area (Å²) >= 11 is 0. The first-order valence-corrected chi connectivity index (χ1v) is 13.5. The van der Waals surface area contributed by atoms with Gasteiger partial charge in [-0.15, -0.1) is 0 Å². The Morgan fingerprint density at radius 2 is 0.946 bits per heavy atom. The van der Waals surface area contributed by atoms with E-state index in [1.165, 1.54) is 0 Å². The van der Waals surface area contributed by atoms with Crippen LogP contribution in [0.3, 0.4) is 0 Å². The smallest absolute Gasteiger partial charge is 0.319 e. The Hall–Kier alpha value is -3.10. The van der Waals surface area contributed by atoms with Gasteiger partial charge in [0.15, 0.2) is 0 Å². The van der Waals surface area contributed by atoms with Crippen LogP contribution in [0, 0.1) is 0 Å². The number of likely N-dealkylation sites (N-methyl/N-ethyl adjacent to an activating group) is 2. The zero-order valence-corrected chi connectivity index (χ0v) is 23.4. The maximum absolute atomic E-state index is 12.3. The molecule has 2 rings (SSSR count). The minimum absolute atomic E-state index is 0.193. The maximum Gasteiger partial charge on any atom is 0.319 e. The molecule has 4 N–H and O–H groups in total. The molecule has 2 aromatic rings. The summed E-state index contributed by atoms with van der Waals surface area (Å²) in [5.41, 5.74) is 3.81. The Labute approximate surface area is 223 Å². The molecule has 8 heteroatoms. The quantitative estimate of drug-likeness (QED) is 0.289. The number of nitrogens with zero attached hydrogens (tertiary/aromatic N) is 2. The number of carbonyl (C=O) groups is 2. The van der Waals surface area contributed by atoms with E-state index in [4.69, 9.17) is 0 Å². The summed E-state index contributed by atoms with van der Waals surface area (Å²) in [6.07, 6.45) is 0.766. The van der Waals surface area contributed by atoms with E-state index in [1.54, 1.807) is 0 Å². The van der Waals surface area contributed by atoms with Crippen molar-refractivity contribution < 1.29 is 9.59 Å². The number of anilines is 2. The zero-order valence-electron chi connectivity index (χ0n) is 23.4. The van der Waals surface area contributed by atoms with Crippen LogP contribution in [-0.2, 0) is 6.42 Å². The molecule has 0 aliphatic rings. The largest absolute Gasteiger partial charge is 0.336 e. The summed E-state index contributed by atoms with van der Waals surface area (Å²) in [6.45, 7) is 17.8. The van der Waals surface area contributed by atoms with E-state index in [2.05, 4.69) is 72.6 Å². The van der Waals surface area contributed by atoms with Crippen LogP contribution >= 0.6 is 0 Å². The number of hydrogen-bond acceptors (Lipinski definition) is 4. The summed E-state index contributed by atoms with van der Waals surface area (Å²) in [6, 6.07) is 15.9. The molecule has 2 atom stereocenters. The third-order valence-electron chi connectivity index (χ3n) is 6.82. The SMILES string of the molecule is CCN(CC)C(C)CNC(=O)Nc1ccc(Cc2ccc(NC(=O)NCC(C)N(CC)CC)cc2)cc1. The Bertz CT molecular complexity index is 862. The summed E-state index contributed by atoms with van der Waals surface area (Å²) in [5, 5.41) is 11.7. The van der Waals surface area contributed by atoms with Gasteiger partial charge in [-0.2, -0.15) is 0 Å². The van der Waals surface area contributed by atoms with Gasteiger partial charge in [-0.3, -0.25) is 9.80 Å². The van der Waals surface area contributed by atoms with Crippen molar-refractivity contribution in [3.63, 3.8) is 0 Å². The summed E-state index contributed by atoms with van der Waals surface area (Å²) < 4.78 is 0. The second kappa shape index (κ2) is 15.9. The van der Waals surface area contributed by atoms with Gasteiger partial charge < -0.3 is 21.3 Å². The first-order chi connectivity index (χ1) is 17.8. The Morgan fingerprint density at radius 3 is 1.24 bits per heavy atom. The molecule has 8 nitrogen and oxygen atoms in total. The summed E-state index contributed by atoms with van der Waals surface area (Å²) in [4.78, 5) is 29.1. The summed E-state index contributed by atoms with van der Waals surface area (Å²) in [7, 11) is 0. The van der Waals surface area contributed by atoms with Gasteiger partial charge >= 0.3 is 12.1 Å². The van der Waals surface area contributed by atoms with Gasteiger partial charge in [-0.1, -0.05) is 52.0 Å². The number of carbonyl (C=O) groups excluding carboxylic acids is 2. The first kappa shape index (κ1) is 30.1. The number of rotatable bonds is 14. The van der Waals surface area contributed by atoms with E-state index in [-0.39, 0.29) is 12.1 Å². The fourth-order valence-corrected chi connectivity index (χ4v) is 4.43. The summed E-state index contributed by atoms with van der Waals surface area (Å²) in [5.74, 6) is 0. The molecule has 2 aromatic carbocycles. The van der Waals surface area contributed by atoms with Gasteiger partial charge in [-0.25, -0.2) is 9.59 Å². The molecule has 0 bridgehead atoms. The average Bonchev–Trinajstić information content (AvgIpc) is 2.90. The molecule has 0 fully saturated rings. The molecule has 37 heavy (non-hydrogen) atoms. The highest BCUT2D eigenvalue weighted by Gasteiger charge is 2.12. The van der Waals surface area contributed by atoms with E-state index in [0.29, 0.717) is 25.2 Å². The van der Waals surface area contributed by atoms with Crippen molar-refractivity contribution >= 4 is 23.4 Å². The highest BCUT2D eigenvalue weighted by atomic mass is 16.2. The zero-order chi connectivity index (χ0) is 27.2. The third-order valence-corrected chi connectivity index (χ3v) is 6.82. The lowest BCUT2D eigenvalue weighted by Crippen LogP contribution is -2.43. The molecule has 0 aliphatic carbocycles. The normalized spacial score (nSPS) is 12.8. The topological polar surface area (TPSA) is 88.7 Å². The first-order valence-electron chi connectivity index (χ1n) is 13.5. The highest BCUT2D eigenvalue weighted by Crippen LogP contribution is 2.16. The van der Waals surface area contributed by atoms with E-state index >= 15 is 0 Å². The lowest BCUT2D eigenvalue weighted by molar-refractivity contribution is 0.219. The van der Waals surface area contributed by atoms with Gasteiger partial charge in [0.05, 0.1) is 0 Å². The number of amides is 4.